The minimum atomic E-state index is -0.327. The minimum absolute atomic E-state index is 0.102. The van der Waals surface area contributed by atoms with E-state index in [1.807, 2.05) is 79.7 Å². The van der Waals surface area contributed by atoms with E-state index in [-0.39, 0.29) is 22.9 Å². The molecule has 336 valence electrons. The predicted molar refractivity (Wildman–Crippen MR) is 252 cm³/mol. The number of rotatable bonds is 19. The summed E-state index contributed by atoms with van der Waals surface area (Å²) in [6.07, 6.45) is 17.2. The van der Waals surface area contributed by atoms with Crippen LogP contribution in [0.15, 0.2) is 35.3 Å². The summed E-state index contributed by atoms with van der Waals surface area (Å²) in [6.45, 7) is 38.3. The van der Waals surface area contributed by atoms with Gasteiger partial charge in [0.05, 0.1) is 11.7 Å². The summed E-state index contributed by atoms with van der Waals surface area (Å²) in [7, 11) is 0. The number of aromatic nitrogens is 1. The molecule has 0 bridgehead atoms. The van der Waals surface area contributed by atoms with Crippen molar-refractivity contribution in [3.05, 3.63) is 68.6 Å². The third-order valence-corrected chi connectivity index (χ3v) is 10.3. The summed E-state index contributed by atoms with van der Waals surface area (Å²) < 4.78 is 10.7. The molecule has 2 N–H and O–H groups in total. The first kappa shape index (κ1) is 59.3. The van der Waals surface area contributed by atoms with E-state index >= 15 is 0 Å². The van der Waals surface area contributed by atoms with E-state index in [9.17, 15) is 14.4 Å². The summed E-state index contributed by atoms with van der Waals surface area (Å²) in [5.41, 5.74) is 5.15. The summed E-state index contributed by atoms with van der Waals surface area (Å²) in [5, 5.41) is 7.69. The summed E-state index contributed by atoms with van der Waals surface area (Å²) in [6, 6.07) is 7.69. The number of esters is 1. The van der Waals surface area contributed by atoms with Gasteiger partial charge in [0.1, 0.15) is 5.60 Å². The van der Waals surface area contributed by atoms with Crippen LogP contribution in [0.4, 0.5) is 0 Å². The zero-order valence-corrected chi connectivity index (χ0v) is 41.1. The Labute approximate surface area is 358 Å². The SMILES string of the molecule is CC(=O)c1ccc(C)cc1C.CCC(C)CCOC(C)C(C)C.CCCC(=N)c1c(C)cc[nH]c1=O.CCCC(=O)OC(C)(C)C.CCCC(CC)(CCC)CCC. The quantitative estimate of drug-likeness (QED) is 0.0834. The third kappa shape index (κ3) is 29.2. The highest BCUT2D eigenvalue weighted by molar-refractivity contribution is 5.99. The van der Waals surface area contributed by atoms with Gasteiger partial charge in [-0.25, -0.2) is 0 Å². The maximum Gasteiger partial charge on any atom is 0.306 e. The van der Waals surface area contributed by atoms with E-state index in [0.717, 1.165) is 42.1 Å². The van der Waals surface area contributed by atoms with Crippen LogP contribution in [0.25, 0.3) is 0 Å². The van der Waals surface area contributed by atoms with Gasteiger partial charge in [-0.1, -0.05) is 132 Å². The first-order valence-electron chi connectivity index (χ1n) is 22.7. The van der Waals surface area contributed by atoms with E-state index in [1.165, 1.54) is 63.4 Å². The zero-order chi connectivity index (χ0) is 45.5. The largest absolute Gasteiger partial charge is 0.460 e. The highest BCUT2D eigenvalue weighted by atomic mass is 16.6. The number of benzene rings is 1. The molecule has 7 nitrogen and oxygen atoms in total. The number of aryl methyl sites for hydroxylation is 3. The first-order chi connectivity index (χ1) is 27.0. The van der Waals surface area contributed by atoms with E-state index in [4.69, 9.17) is 14.9 Å². The molecule has 2 rings (SSSR count). The van der Waals surface area contributed by atoms with Gasteiger partial charge in [-0.3, -0.25) is 14.4 Å². The van der Waals surface area contributed by atoms with Crippen LogP contribution in [0.2, 0.25) is 0 Å². The van der Waals surface area contributed by atoms with E-state index < -0.39 is 0 Å². The van der Waals surface area contributed by atoms with Crippen molar-refractivity contribution < 1.29 is 19.1 Å². The summed E-state index contributed by atoms with van der Waals surface area (Å²) in [4.78, 5) is 35.8. The minimum Gasteiger partial charge on any atom is -0.460 e. The highest BCUT2D eigenvalue weighted by Gasteiger charge is 2.24. The second-order valence-electron chi connectivity index (χ2n) is 17.5. The number of Topliss-reactive ketones (excluding diaryl/α,β-unsaturated/α-hetero) is 1. The van der Waals surface area contributed by atoms with Crippen molar-refractivity contribution in [2.75, 3.05) is 6.61 Å². The van der Waals surface area contributed by atoms with Gasteiger partial charge in [0.2, 0.25) is 0 Å². The molecule has 0 spiro atoms. The molecule has 7 heteroatoms. The lowest BCUT2D eigenvalue weighted by Gasteiger charge is -2.32. The van der Waals surface area contributed by atoms with E-state index in [0.29, 0.717) is 41.6 Å². The number of hydrogen-bond acceptors (Lipinski definition) is 6. The van der Waals surface area contributed by atoms with Crippen molar-refractivity contribution in [2.24, 2.45) is 17.3 Å². The van der Waals surface area contributed by atoms with Gasteiger partial charge in [0, 0.05) is 30.5 Å². The van der Waals surface area contributed by atoms with Crippen LogP contribution < -0.4 is 5.56 Å². The zero-order valence-electron chi connectivity index (χ0n) is 41.1. The number of ether oxygens (including phenoxy) is 2. The van der Waals surface area contributed by atoms with Crippen LogP contribution in [0.5, 0.6) is 0 Å². The average molecular weight is 813 g/mol. The number of H-pyrrole nitrogens is 1. The van der Waals surface area contributed by atoms with Crippen molar-refractivity contribution in [2.45, 2.75) is 220 Å². The maximum absolute atomic E-state index is 11.4. The number of nitrogens with one attached hydrogen (secondary N) is 2. The first-order valence-corrected chi connectivity index (χ1v) is 22.7. The molecule has 1 aromatic carbocycles. The lowest BCUT2D eigenvalue weighted by molar-refractivity contribution is -0.154. The average Bonchev–Trinajstić information content (AvgIpc) is 3.12. The second-order valence-corrected chi connectivity index (χ2v) is 17.5. The smallest absolute Gasteiger partial charge is 0.306 e. The number of pyridine rings is 1. The molecule has 1 heterocycles. The Bertz CT molecular complexity index is 1420. The fourth-order valence-corrected chi connectivity index (χ4v) is 6.48. The van der Waals surface area contributed by atoms with Crippen LogP contribution in [0, 0.1) is 43.4 Å². The Morgan fingerprint density at radius 1 is 0.776 bits per heavy atom. The predicted octanol–water partition coefficient (Wildman–Crippen LogP) is 14.8. The van der Waals surface area contributed by atoms with E-state index in [1.54, 1.807) is 13.1 Å². The molecule has 2 atom stereocenters. The van der Waals surface area contributed by atoms with Gasteiger partial charge < -0.3 is 19.9 Å². The topological polar surface area (TPSA) is 109 Å². The van der Waals surface area contributed by atoms with Gasteiger partial charge in [0.25, 0.3) is 5.56 Å². The van der Waals surface area contributed by atoms with Crippen LogP contribution in [0.1, 0.15) is 220 Å². The van der Waals surface area contributed by atoms with Gasteiger partial charge >= 0.3 is 5.97 Å². The fourth-order valence-electron chi connectivity index (χ4n) is 6.48. The Kier molecular flexibility index (Phi) is 34.5. The van der Waals surface area contributed by atoms with Crippen molar-refractivity contribution >= 4 is 17.5 Å². The van der Waals surface area contributed by atoms with Crippen molar-refractivity contribution in [3.63, 3.8) is 0 Å². The van der Waals surface area contributed by atoms with E-state index in [2.05, 4.69) is 67.3 Å². The molecule has 2 unspecified atom stereocenters. The van der Waals surface area contributed by atoms with Gasteiger partial charge in [-0.2, -0.15) is 0 Å². The molecule has 2 aromatic rings. The van der Waals surface area contributed by atoms with Gasteiger partial charge in [0.15, 0.2) is 5.78 Å². The van der Waals surface area contributed by atoms with Gasteiger partial charge in [-0.05, 0) is 128 Å². The lowest BCUT2D eigenvalue weighted by atomic mass is 9.74. The molecule has 0 aliphatic heterocycles. The Hall–Kier alpha value is -3.06. The molecule has 0 saturated heterocycles. The van der Waals surface area contributed by atoms with Crippen LogP contribution >= 0.6 is 0 Å². The summed E-state index contributed by atoms with van der Waals surface area (Å²) in [5.74, 6) is 1.49. The Balaban J connectivity index is -0.000000654. The molecule has 0 radical (unpaired) electrons. The van der Waals surface area contributed by atoms with Crippen LogP contribution in [-0.2, 0) is 14.3 Å². The molecule has 0 amide bonds. The number of ketones is 1. The fraction of sp³-hybridized carbons (Fsp3) is 0.725. The molecular formula is C51H92N2O5. The number of aromatic amines is 1. The van der Waals surface area contributed by atoms with Crippen molar-refractivity contribution in [1.82, 2.24) is 4.98 Å². The molecule has 0 fully saturated rings. The number of carbonyl (C=O) groups excluding carboxylic acids is 2. The molecule has 0 saturated carbocycles. The molecule has 1 aromatic heterocycles. The molecular weight excluding hydrogens is 721 g/mol. The molecule has 58 heavy (non-hydrogen) atoms. The molecule has 0 aliphatic carbocycles. The van der Waals surface area contributed by atoms with Crippen LogP contribution in [0.3, 0.4) is 0 Å². The maximum atomic E-state index is 11.4. The lowest BCUT2D eigenvalue weighted by Crippen LogP contribution is -2.23. The summed E-state index contributed by atoms with van der Waals surface area (Å²) >= 11 is 0. The monoisotopic (exact) mass is 813 g/mol. The highest BCUT2D eigenvalue weighted by Crippen LogP contribution is 2.38. The van der Waals surface area contributed by atoms with Gasteiger partial charge in [-0.15, -0.1) is 0 Å². The second kappa shape index (κ2) is 33.7. The molecule has 0 aliphatic rings. The number of hydrogen-bond donors (Lipinski definition) is 2. The Morgan fingerprint density at radius 2 is 1.31 bits per heavy atom. The third-order valence-electron chi connectivity index (χ3n) is 10.3. The Morgan fingerprint density at radius 3 is 1.69 bits per heavy atom. The van der Waals surface area contributed by atoms with Crippen molar-refractivity contribution in [3.8, 4) is 0 Å². The normalized spacial score (nSPS) is 11.9. The van der Waals surface area contributed by atoms with Crippen molar-refractivity contribution in [1.29, 1.82) is 5.41 Å². The standard InChI is InChI=1S/C12H26.C11H24O.C10H14N2O.C10H12O.C8H16O2/c1-5-9-12(8-4,10-6-2)11-7-3;1-6-10(4)7-8-12-11(5)9(2)3;1-3-4-8(11)9-7(2)5-6-12-10(9)13;1-7-4-5-10(9(3)11)8(2)6-7;1-5-6-7(9)10-8(2,3)4/h5-11H2,1-4H3;9-11H,6-8H2,1-5H3;5-6,11H,3-4H2,1-2H3,(H,12,13);4-6H,1-3H3;5-6H2,1-4H3. The van der Waals surface area contributed by atoms with Crippen LogP contribution in [-0.4, -0.2) is 40.8 Å². The number of carbonyl (C=O) groups is 2.